The zero-order valence-electron chi connectivity index (χ0n) is 15.8. The van der Waals surface area contributed by atoms with Crippen LogP contribution in [0.1, 0.15) is 32.3 Å². The zero-order chi connectivity index (χ0) is 18.7. The summed E-state index contributed by atoms with van der Waals surface area (Å²) in [5.41, 5.74) is -0.419. The lowest BCUT2D eigenvalue weighted by Crippen LogP contribution is -2.41. The van der Waals surface area contributed by atoms with E-state index < -0.39 is 11.4 Å². The molecule has 26 heavy (non-hydrogen) atoms. The largest absolute Gasteiger partial charge is 0.481 e. The number of nitrogens with zero attached hydrogens (tertiary/aromatic N) is 4. The van der Waals surface area contributed by atoms with Crippen molar-refractivity contribution >= 4 is 17.7 Å². The minimum absolute atomic E-state index is 0.287. The van der Waals surface area contributed by atoms with Crippen molar-refractivity contribution in [2.24, 2.45) is 0 Å². The molecule has 2 fully saturated rings. The molecule has 144 valence electrons. The average molecular weight is 364 g/mol. The Morgan fingerprint density at radius 2 is 1.88 bits per heavy atom. The topological polar surface area (TPSA) is 88.0 Å². The van der Waals surface area contributed by atoms with Crippen molar-refractivity contribution in [1.29, 1.82) is 0 Å². The summed E-state index contributed by atoms with van der Waals surface area (Å²) < 4.78 is 10.9. The van der Waals surface area contributed by atoms with Crippen molar-refractivity contribution in [3.8, 4) is 0 Å². The third-order valence-corrected chi connectivity index (χ3v) is 5.33. The van der Waals surface area contributed by atoms with E-state index in [0.717, 1.165) is 25.9 Å². The number of carbonyl (C=O) groups is 1. The van der Waals surface area contributed by atoms with Gasteiger partial charge in [0.2, 0.25) is 5.95 Å². The highest BCUT2D eigenvalue weighted by Gasteiger charge is 2.35. The molecule has 8 heteroatoms. The van der Waals surface area contributed by atoms with Crippen LogP contribution in [0.25, 0.3) is 0 Å². The van der Waals surface area contributed by atoms with Gasteiger partial charge in [-0.2, -0.15) is 4.98 Å². The van der Waals surface area contributed by atoms with Gasteiger partial charge in [-0.3, -0.25) is 4.79 Å². The van der Waals surface area contributed by atoms with E-state index in [0.29, 0.717) is 43.6 Å². The Labute approximate surface area is 154 Å². The Balaban J connectivity index is 1.92. The minimum atomic E-state index is -1.06. The van der Waals surface area contributed by atoms with Crippen molar-refractivity contribution in [3.63, 3.8) is 0 Å². The first-order valence-corrected chi connectivity index (χ1v) is 9.15. The number of methoxy groups -OCH3 is 1. The lowest BCUT2D eigenvalue weighted by Gasteiger charge is -2.35. The van der Waals surface area contributed by atoms with Gasteiger partial charge in [0.25, 0.3) is 0 Å². The minimum Gasteiger partial charge on any atom is -0.481 e. The molecule has 0 spiro atoms. The molecule has 1 aromatic heterocycles. The van der Waals surface area contributed by atoms with Crippen molar-refractivity contribution in [1.82, 2.24) is 9.97 Å². The number of ether oxygens (including phenoxy) is 2. The molecule has 0 amide bonds. The summed E-state index contributed by atoms with van der Waals surface area (Å²) in [6.45, 7) is 7.70. The van der Waals surface area contributed by atoms with E-state index in [2.05, 4.69) is 14.8 Å². The monoisotopic (exact) mass is 364 g/mol. The Hall–Kier alpha value is -1.93. The van der Waals surface area contributed by atoms with Crippen LogP contribution in [0.3, 0.4) is 0 Å². The summed E-state index contributed by atoms with van der Waals surface area (Å²) in [6, 6.07) is 0. The molecule has 0 unspecified atom stereocenters. The highest BCUT2D eigenvalue weighted by atomic mass is 16.5. The first-order chi connectivity index (χ1) is 12.4. The number of rotatable bonds is 5. The van der Waals surface area contributed by atoms with Crippen LogP contribution in [-0.4, -0.2) is 73.7 Å². The predicted octanol–water partition coefficient (Wildman–Crippen LogP) is 1.29. The summed E-state index contributed by atoms with van der Waals surface area (Å²) in [4.78, 5) is 25.4. The Morgan fingerprint density at radius 1 is 1.23 bits per heavy atom. The van der Waals surface area contributed by atoms with E-state index in [1.165, 1.54) is 0 Å². The molecular weight excluding hydrogens is 336 g/mol. The summed E-state index contributed by atoms with van der Waals surface area (Å²) in [7, 11) is 1.75. The van der Waals surface area contributed by atoms with Gasteiger partial charge in [-0.15, -0.1) is 0 Å². The van der Waals surface area contributed by atoms with Gasteiger partial charge < -0.3 is 24.4 Å². The SMILES string of the molecule is COC1CCN(c2ncc(C(C)(C)C(=O)O)c(N3CCOCC3)n2)CC1. The molecule has 8 nitrogen and oxygen atoms in total. The molecule has 3 heterocycles. The Kier molecular flexibility index (Phi) is 5.62. The number of piperidine rings is 1. The van der Waals surface area contributed by atoms with Crippen LogP contribution >= 0.6 is 0 Å². The highest BCUT2D eigenvalue weighted by molar-refractivity contribution is 5.82. The first-order valence-electron chi connectivity index (χ1n) is 9.15. The van der Waals surface area contributed by atoms with E-state index in [1.54, 1.807) is 27.2 Å². The first kappa shape index (κ1) is 18.8. The summed E-state index contributed by atoms with van der Waals surface area (Å²) >= 11 is 0. The number of morpholine rings is 1. The Morgan fingerprint density at radius 3 is 2.46 bits per heavy atom. The Bertz CT molecular complexity index is 638. The van der Waals surface area contributed by atoms with Gasteiger partial charge in [-0.1, -0.05) is 0 Å². The second kappa shape index (κ2) is 7.75. The maximum absolute atomic E-state index is 11.8. The van der Waals surface area contributed by atoms with E-state index in [1.807, 2.05) is 0 Å². The van der Waals surface area contributed by atoms with Crippen LogP contribution in [0, 0.1) is 0 Å². The van der Waals surface area contributed by atoms with E-state index in [-0.39, 0.29) is 6.10 Å². The van der Waals surface area contributed by atoms with Crippen LogP contribution in [0.2, 0.25) is 0 Å². The molecule has 1 aromatic rings. The predicted molar refractivity (Wildman–Crippen MR) is 98.0 cm³/mol. The van der Waals surface area contributed by atoms with Crippen molar-refractivity contribution < 1.29 is 19.4 Å². The molecule has 0 aliphatic carbocycles. The molecule has 2 aliphatic rings. The van der Waals surface area contributed by atoms with Gasteiger partial charge in [0.1, 0.15) is 5.82 Å². The fourth-order valence-corrected chi connectivity index (χ4v) is 3.38. The summed E-state index contributed by atoms with van der Waals surface area (Å²) in [6.07, 6.45) is 3.85. The molecule has 0 saturated carbocycles. The molecule has 3 rings (SSSR count). The number of hydrogen-bond donors (Lipinski definition) is 1. The van der Waals surface area contributed by atoms with E-state index in [4.69, 9.17) is 14.5 Å². The number of carboxylic acids is 1. The van der Waals surface area contributed by atoms with Crippen LogP contribution in [0.5, 0.6) is 0 Å². The standard InChI is InChI=1S/C18H28N4O4/c1-18(2,16(23)24)14-12-19-17(22-6-4-13(25-3)5-7-22)20-15(14)21-8-10-26-11-9-21/h12-13H,4-11H2,1-3H3,(H,23,24). The third-order valence-electron chi connectivity index (χ3n) is 5.33. The zero-order valence-corrected chi connectivity index (χ0v) is 15.8. The van der Waals surface area contributed by atoms with Crippen LogP contribution < -0.4 is 9.80 Å². The molecule has 0 atom stereocenters. The molecule has 0 bridgehead atoms. The number of hydrogen-bond acceptors (Lipinski definition) is 7. The number of aliphatic carboxylic acids is 1. The van der Waals surface area contributed by atoms with Gasteiger partial charge in [0, 0.05) is 45.0 Å². The summed E-state index contributed by atoms with van der Waals surface area (Å²) in [5, 5.41) is 9.67. The molecule has 0 aromatic carbocycles. The lowest BCUT2D eigenvalue weighted by atomic mass is 9.85. The quantitative estimate of drug-likeness (QED) is 0.836. The number of carboxylic acid groups (broad SMARTS) is 1. The molecule has 1 N–H and O–H groups in total. The average Bonchev–Trinajstić information content (AvgIpc) is 2.68. The maximum atomic E-state index is 11.8. The van der Waals surface area contributed by atoms with Gasteiger partial charge in [-0.05, 0) is 26.7 Å². The van der Waals surface area contributed by atoms with Gasteiger partial charge >= 0.3 is 5.97 Å². The maximum Gasteiger partial charge on any atom is 0.313 e. The van der Waals surface area contributed by atoms with Crippen molar-refractivity contribution in [2.75, 3.05) is 56.3 Å². The molecular formula is C18H28N4O4. The normalized spacial score (nSPS) is 19.7. The van der Waals surface area contributed by atoms with E-state index >= 15 is 0 Å². The lowest BCUT2D eigenvalue weighted by molar-refractivity contribution is -0.142. The molecule has 2 aliphatic heterocycles. The van der Waals surface area contributed by atoms with Crippen LogP contribution in [-0.2, 0) is 19.7 Å². The molecule has 2 saturated heterocycles. The third kappa shape index (κ3) is 3.76. The highest BCUT2D eigenvalue weighted by Crippen LogP contribution is 2.33. The van der Waals surface area contributed by atoms with Crippen molar-refractivity contribution in [3.05, 3.63) is 11.8 Å². The van der Waals surface area contributed by atoms with Crippen LogP contribution in [0.15, 0.2) is 6.20 Å². The smallest absolute Gasteiger partial charge is 0.313 e. The summed E-state index contributed by atoms with van der Waals surface area (Å²) in [5.74, 6) is 0.481. The number of anilines is 2. The second-order valence-corrected chi connectivity index (χ2v) is 7.36. The van der Waals surface area contributed by atoms with Crippen LogP contribution in [0.4, 0.5) is 11.8 Å². The van der Waals surface area contributed by atoms with Gasteiger partial charge in [-0.25, -0.2) is 4.98 Å². The number of aromatic nitrogens is 2. The van der Waals surface area contributed by atoms with Crippen molar-refractivity contribution in [2.45, 2.75) is 38.2 Å². The van der Waals surface area contributed by atoms with E-state index in [9.17, 15) is 9.90 Å². The fraction of sp³-hybridized carbons (Fsp3) is 0.722. The van der Waals surface area contributed by atoms with Gasteiger partial charge in [0.15, 0.2) is 0 Å². The van der Waals surface area contributed by atoms with Gasteiger partial charge in [0.05, 0.1) is 24.7 Å². The second-order valence-electron chi connectivity index (χ2n) is 7.36. The molecule has 0 radical (unpaired) electrons. The fourth-order valence-electron chi connectivity index (χ4n) is 3.38.